The number of nitrogens with one attached hydrogen (secondary N) is 1. The first-order valence-electron chi connectivity index (χ1n) is 9.31. The molecule has 1 aromatic rings. The predicted octanol–water partition coefficient (Wildman–Crippen LogP) is 1.74. The molecule has 0 spiro atoms. The number of carbonyl (C=O) groups is 1. The van der Waals surface area contributed by atoms with Gasteiger partial charge in [0.05, 0.1) is 11.4 Å². The molecule has 6 nitrogen and oxygen atoms in total. The molecule has 3 N–H and O–H groups in total. The van der Waals surface area contributed by atoms with Gasteiger partial charge < -0.3 is 15.8 Å². The van der Waals surface area contributed by atoms with Crippen LogP contribution in [0.5, 0.6) is 5.75 Å². The highest BCUT2D eigenvalue weighted by atomic mass is 32.2. The molecule has 144 valence electrons. The Morgan fingerprint density at radius 2 is 1.81 bits per heavy atom. The highest BCUT2D eigenvalue weighted by molar-refractivity contribution is 7.90. The van der Waals surface area contributed by atoms with Gasteiger partial charge in [0.1, 0.15) is 12.4 Å². The van der Waals surface area contributed by atoms with Gasteiger partial charge in [-0.05, 0) is 61.8 Å². The molecule has 2 aliphatic rings. The van der Waals surface area contributed by atoms with E-state index in [2.05, 4.69) is 5.32 Å². The first-order chi connectivity index (χ1) is 12.3. The Bertz CT molecular complexity index is 718. The Labute approximate surface area is 155 Å². The minimum absolute atomic E-state index is 0.0687. The van der Waals surface area contributed by atoms with Gasteiger partial charge in [0.2, 0.25) is 5.91 Å². The molecule has 1 amide bonds. The van der Waals surface area contributed by atoms with Gasteiger partial charge in [-0.1, -0.05) is 6.42 Å². The molecule has 2 fully saturated rings. The summed E-state index contributed by atoms with van der Waals surface area (Å²) in [6.45, 7) is 0.785. The SMILES string of the molecule is CS(=O)(=O)c1ccc(OCCNC(=O)C2CC3CCCC(C2)C3N)cc1. The maximum atomic E-state index is 12.4. The van der Waals surface area contributed by atoms with Crippen molar-refractivity contribution in [3.05, 3.63) is 24.3 Å². The van der Waals surface area contributed by atoms with Crippen LogP contribution in [0.3, 0.4) is 0 Å². The minimum Gasteiger partial charge on any atom is -0.492 e. The van der Waals surface area contributed by atoms with Crippen LogP contribution in [-0.4, -0.2) is 39.8 Å². The molecule has 0 aliphatic heterocycles. The molecule has 0 heterocycles. The van der Waals surface area contributed by atoms with E-state index in [-0.39, 0.29) is 22.8 Å². The Kier molecular flexibility index (Phi) is 5.87. The van der Waals surface area contributed by atoms with Gasteiger partial charge in [-0.15, -0.1) is 0 Å². The van der Waals surface area contributed by atoms with Gasteiger partial charge in [-0.3, -0.25) is 4.79 Å². The number of ether oxygens (including phenoxy) is 1. The predicted molar refractivity (Wildman–Crippen MR) is 99.6 cm³/mol. The summed E-state index contributed by atoms with van der Waals surface area (Å²) >= 11 is 0. The van der Waals surface area contributed by atoms with Crippen molar-refractivity contribution < 1.29 is 17.9 Å². The fourth-order valence-electron chi connectivity index (χ4n) is 4.27. The first kappa shape index (κ1) is 19.2. The Morgan fingerprint density at radius 3 is 2.38 bits per heavy atom. The zero-order valence-corrected chi connectivity index (χ0v) is 16.0. The second-order valence-corrected chi connectivity index (χ2v) is 9.60. The number of nitrogens with two attached hydrogens (primary N) is 1. The molecule has 1 aromatic carbocycles. The second kappa shape index (κ2) is 7.96. The summed E-state index contributed by atoms with van der Waals surface area (Å²) in [4.78, 5) is 12.7. The molecule has 0 aromatic heterocycles. The van der Waals surface area contributed by atoms with E-state index in [1.165, 1.54) is 24.8 Å². The third-order valence-electron chi connectivity index (χ3n) is 5.71. The zero-order valence-electron chi connectivity index (χ0n) is 15.2. The Hall–Kier alpha value is -1.60. The van der Waals surface area contributed by atoms with Gasteiger partial charge in [0.25, 0.3) is 0 Å². The highest BCUT2D eigenvalue weighted by Crippen LogP contribution is 2.41. The van der Waals surface area contributed by atoms with Crippen molar-refractivity contribution in [1.29, 1.82) is 0 Å². The number of benzene rings is 1. The van der Waals surface area contributed by atoms with Gasteiger partial charge >= 0.3 is 0 Å². The Morgan fingerprint density at radius 1 is 1.19 bits per heavy atom. The number of hydrogen-bond donors (Lipinski definition) is 2. The van der Waals surface area contributed by atoms with Crippen LogP contribution in [0.25, 0.3) is 0 Å². The zero-order chi connectivity index (χ0) is 18.7. The molecule has 2 bridgehead atoms. The quantitative estimate of drug-likeness (QED) is 0.733. The van der Waals surface area contributed by atoms with E-state index in [0.717, 1.165) is 25.7 Å². The van der Waals surface area contributed by atoms with Crippen molar-refractivity contribution in [1.82, 2.24) is 5.32 Å². The Balaban J connectivity index is 1.42. The number of fused-ring (bicyclic) bond motifs is 2. The average molecular weight is 381 g/mol. The molecule has 2 unspecified atom stereocenters. The van der Waals surface area contributed by atoms with E-state index in [4.69, 9.17) is 10.5 Å². The van der Waals surface area contributed by atoms with Crippen LogP contribution in [0.4, 0.5) is 0 Å². The van der Waals surface area contributed by atoms with E-state index in [1.807, 2.05) is 0 Å². The molecular formula is C19H28N2O4S. The van der Waals surface area contributed by atoms with Crippen LogP contribution in [0.1, 0.15) is 32.1 Å². The fourth-order valence-corrected chi connectivity index (χ4v) is 4.90. The molecule has 7 heteroatoms. The van der Waals surface area contributed by atoms with Crippen molar-refractivity contribution in [2.45, 2.75) is 43.0 Å². The average Bonchev–Trinajstić information content (AvgIpc) is 2.58. The van der Waals surface area contributed by atoms with E-state index >= 15 is 0 Å². The van der Waals surface area contributed by atoms with Crippen LogP contribution >= 0.6 is 0 Å². The van der Waals surface area contributed by atoms with E-state index in [0.29, 0.717) is 30.7 Å². The van der Waals surface area contributed by atoms with E-state index in [1.54, 1.807) is 12.1 Å². The highest BCUT2D eigenvalue weighted by Gasteiger charge is 2.40. The van der Waals surface area contributed by atoms with Crippen molar-refractivity contribution in [2.24, 2.45) is 23.5 Å². The lowest BCUT2D eigenvalue weighted by molar-refractivity contribution is -0.128. The van der Waals surface area contributed by atoms with E-state index < -0.39 is 9.84 Å². The third-order valence-corrected chi connectivity index (χ3v) is 6.83. The normalized spacial score (nSPS) is 28.4. The number of sulfone groups is 1. The van der Waals surface area contributed by atoms with Crippen molar-refractivity contribution >= 4 is 15.7 Å². The molecule has 0 radical (unpaired) electrons. The number of amides is 1. The van der Waals surface area contributed by atoms with Crippen LogP contribution in [0, 0.1) is 17.8 Å². The molecule has 2 saturated carbocycles. The van der Waals surface area contributed by atoms with Crippen LogP contribution in [0.15, 0.2) is 29.2 Å². The fraction of sp³-hybridized carbons (Fsp3) is 0.632. The maximum Gasteiger partial charge on any atom is 0.223 e. The molecule has 26 heavy (non-hydrogen) atoms. The van der Waals surface area contributed by atoms with Gasteiger partial charge in [-0.25, -0.2) is 8.42 Å². The number of hydrogen-bond acceptors (Lipinski definition) is 5. The number of rotatable bonds is 6. The topological polar surface area (TPSA) is 98.5 Å². The van der Waals surface area contributed by atoms with Crippen LogP contribution in [-0.2, 0) is 14.6 Å². The lowest BCUT2D eigenvalue weighted by atomic mass is 9.65. The smallest absolute Gasteiger partial charge is 0.223 e. The molecule has 3 rings (SSSR count). The first-order valence-corrected chi connectivity index (χ1v) is 11.2. The van der Waals surface area contributed by atoms with Crippen molar-refractivity contribution in [2.75, 3.05) is 19.4 Å². The van der Waals surface area contributed by atoms with E-state index in [9.17, 15) is 13.2 Å². The largest absolute Gasteiger partial charge is 0.492 e. The summed E-state index contributed by atoms with van der Waals surface area (Å²) in [5.41, 5.74) is 6.28. The van der Waals surface area contributed by atoms with Crippen LogP contribution < -0.4 is 15.8 Å². The second-order valence-electron chi connectivity index (χ2n) is 7.58. The third kappa shape index (κ3) is 4.57. The van der Waals surface area contributed by atoms with Gasteiger partial charge in [0.15, 0.2) is 9.84 Å². The van der Waals surface area contributed by atoms with Crippen molar-refractivity contribution in [3.63, 3.8) is 0 Å². The van der Waals surface area contributed by atoms with Crippen molar-refractivity contribution in [3.8, 4) is 5.75 Å². The summed E-state index contributed by atoms with van der Waals surface area (Å²) in [5.74, 6) is 1.74. The molecule has 2 aliphatic carbocycles. The summed E-state index contributed by atoms with van der Waals surface area (Å²) in [6, 6.07) is 6.57. The number of carbonyl (C=O) groups excluding carboxylic acids is 1. The summed E-state index contributed by atoms with van der Waals surface area (Å²) < 4.78 is 28.4. The lowest BCUT2D eigenvalue weighted by Crippen LogP contribution is -2.49. The molecule has 0 saturated heterocycles. The monoisotopic (exact) mass is 380 g/mol. The standard InChI is InChI=1S/C19H28N2O4S/c1-26(23,24)17-7-5-16(6-8-17)25-10-9-21-19(22)15-11-13-3-2-4-14(12-15)18(13)20/h5-8,13-15,18H,2-4,9-12,20H2,1H3,(H,21,22). The van der Waals surface area contributed by atoms with Gasteiger partial charge in [0, 0.05) is 18.2 Å². The summed E-state index contributed by atoms with van der Waals surface area (Å²) in [5, 5.41) is 2.96. The minimum atomic E-state index is -3.20. The molecular weight excluding hydrogens is 352 g/mol. The summed E-state index contributed by atoms with van der Waals surface area (Å²) in [6.07, 6.45) is 6.50. The molecule has 2 atom stereocenters. The van der Waals surface area contributed by atoms with Gasteiger partial charge in [-0.2, -0.15) is 0 Å². The summed E-state index contributed by atoms with van der Waals surface area (Å²) in [7, 11) is -3.20. The maximum absolute atomic E-state index is 12.4. The lowest BCUT2D eigenvalue weighted by Gasteiger charge is -2.43. The van der Waals surface area contributed by atoms with Crippen LogP contribution in [0.2, 0.25) is 0 Å².